The van der Waals surface area contributed by atoms with E-state index >= 15 is 0 Å². The Kier molecular flexibility index (Phi) is 6.95. The summed E-state index contributed by atoms with van der Waals surface area (Å²) in [5.74, 6) is 0.426. The van der Waals surface area contributed by atoms with E-state index in [0.717, 1.165) is 45.2 Å². The van der Waals surface area contributed by atoms with Crippen LogP contribution >= 0.6 is 0 Å². The molecule has 37 heavy (non-hydrogen) atoms. The first-order valence-electron chi connectivity index (χ1n) is 11.9. The molecular formula is C32H26N2O3. The van der Waals surface area contributed by atoms with E-state index in [1.807, 2.05) is 79.0 Å². The molecule has 0 aliphatic heterocycles. The van der Waals surface area contributed by atoms with Gasteiger partial charge in [0.25, 0.3) is 0 Å². The second-order valence-corrected chi connectivity index (χ2v) is 8.40. The van der Waals surface area contributed by atoms with Gasteiger partial charge in [0.2, 0.25) is 0 Å². The quantitative estimate of drug-likeness (QED) is 0.178. The monoisotopic (exact) mass is 486 g/mol. The second kappa shape index (κ2) is 10.8. The topological polar surface area (TPSA) is 52.8 Å². The molecule has 0 fully saturated rings. The average Bonchev–Trinajstić information content (AvgIpc) is 3.36. The molecule has 0 saturated carbocycles. The maximum absolute atomic E-state index is 12.0. The SMILES string of the molecule is COC(=O)c1ccc(-n2c(-c3ccccc3)cc(C=Nc3ccc(OC)cc3)c2-c2ccccc2)cc1. The van der Waals surface area contributed by atoms with E-state index in [-0.39, 0.29) is 5.97 Å². The predicted octanol–water partition coefficient (Wildman–Crippen LogP) is 7.36. The fourth-order valence-corrected chi connectivity index (χ4v) is 4.29. The van der Waals surface area contributed by atoms with Crippen molar-refractivity contribution in [3.63, 3.8) is 0 Å². The first kappa shape index (κ1) is 23.8. The van der Waals surface area contributed by atoms with Crippen molar-refractivity contribution in [3.8, 4) is 34.0 Å². The summed E-state index contributed by atoms with van der Waals surface area (Å²) >= 11 is 0. The van der Waals surface area contributed by atoms with E-state index in [1.54, 1.807) is 19.2 Å². The number of hydrogen-bond acceptors (Lipinski definition) is 4. The van der Waals surface area contributed by atoms with Crippen LogP contribution in [0.2, 0.25) is 0 Å². The average molecular weight is 487 g/mol. The number of carbonyl (C=O) groups excluding carboxylic acids is 1. The van der Waals surface area contributed by atoms with Crippen LogP contribution in [-0.4, -0.2) is 31.0 Å². The smallest absolute Gasteiger partial charge is 0.337 e. The Morgan fingerprint density at radius 2 is 1.38 bits per heavy atom. The number of aliphatic imine (C=N–C) groups is 1. The molecule has 0 saturated heterocycles. The van der Waals surface area contributed by atoms with Gasteiger partial charge in [-0.3, -0.25) is 4.99 Å². The standard InChI is InChI=1S/C32H26N2O3/c1-36-29-19-15-27(16-20-29)33-22-26-21-30(23-9-5-3-6-10-23)34(31(26)24-11-7-4-8-12-24)28-17-13-25(14-18-28)32(35)37-2/h3-22H,1-2H3. The number of rotatable bonds is 7. The lowest BCUT2D eigenvalue weighted by molar-refractivity contribution is 0.0600. The second-order valence-electron chi connectivity index (χ2n) is 8.40. The van der Waals surface area contributed by atoms with Crippen molar-refractivity contribution in [2.24, 2.45) is 4.99 Å². The molecule has 5 aromatic rings. The largest absolute Gasteiger partial charge is 0.497 e. The van der Waals surface area contributed by atoms with E-state index in [9.17, 15) is 4.79 Å². The van der Waals surface area contributed by atoms with Crippen molar-refractivity contribution < 1.29 is 14.3 Å². The summed E-state index contributed by atoms with van der Waals surface area (Å²) in [4.78, 5) is 16.8. The zero-order chi connectivity index (χ0) is 25.6. The minimum atomic E-state index is -0.363. The molecule has 1 aromatic heterocycles. The molecule has 0 atom stereocenters. The van der Waals surface area contributed by atoms with E-state index in [2.05, 4.69) is 34.9 Å². The van der Waals surface area contributed by atoms with Gasteiger partial charge in [0, 0.05) is 17.5 Å². The maximum Gasteiger partial charge on any atom is 0.337 e. The summed E-state index contributed by atoms with van der Waals surface area (Å²) in [5, 5.41) is 0. The van der Waals surface area contributed by atoms with Crippen molar-refractivity contribution in [3.05, 3.63) is 126 Å². The molecule has 0 bridgehead atoms. The summed E-state index contributed by atoms with van der Waals surface area (Å²) < 4.78 is 12.4. The van der Waals surface area contributed by atoms with Gasteiger partial charge in [-0.15, -0.1) is 0 Å². The maximum atomic E-state index is 12.0. The zero-order valence-corrected chi connectivity index (χ0v) is 20.7. The molecule has 0 amide bonds. The van der Waals surface area contributed by atoms with Crippen LogP contribution in [0.5, 0.6) is 5.75 Å². The summed E-state index contributed by atoms with van der Waals surface area (Å²) in [5.41, 5.74) is 7.37. The van der Waals surface area contributed by atoms with Gasteiger partial charge >= 0.3 is 5.97 Å². The molecule has 0 aliphatic rings. The molecule has 0 radical (unpaired) electrons. The van der Waals surface area contributed by atoms with Crippen molar-refractivity contribution in [2.75, 3.05) is 14.2 Å². The van der Waals surface area contributed by atoms with Gasteiger partial charge < -0.3 is 14.0 Å². The molecule has 0 spiro atoms. The lowest BCUT2D eigenvalue weighted by atomic mass is 10.1. The highest BCUT2D eigenvalue weighted by Crippen LogP contribution is 2.36. The van der Waals surface area contributed by atoms with Crippen LogP contribution in [0.4, 0.5) is 5.69 Å². The number of aromatic nitrogens is 1. The summed E-state index contributed by atoms with van der Waals surface area (Å²) in [6, 6.07) is 37.7. The van der Waals surface area contributed by atoms with Gasteiger partial charge in [-0.2, -0.15) is 0 Å². The fraction of sp³-hybridized carbons (Fsp3) is 0.0625. The highest BCUT2D eigenvalue weighted by molar-refractivity contribution is 5.95. The number of benzene rings is 4. The number of hydrogen-bond donors (Lipinski definition) is 0. The number of methoxy groups -OCH3 is 2. The van der Waals surface area contributed by atoms with Gasteiger partial charge in [0.15, 0.2) is 0 Å². The Bertz CT molecular complexity index is 1520. The number of ether oxygens (including phenoxy) is 2. The number of nitrogens with zero attached hydrogens (tertiary/aromatic N) is 2. The Hall–Kier alpha value is -4.90. The van der Waals surface area contributed by atoms with E-state index in [4.69, 9.17) is 14.5 Å². The van der Waals surface area contributed by atoms with Gasteiger partial charge in [0.05, 0.1) is 36.9 Å². The molecule has 0 aliphatic carbocycles. The molecular weight excluding hydrogens is 460 g/mol. The van der Waals surface area contributed by atoms with Gasteiger partial charge in [-0.25, -0.2) is 4.79 Å². The molecule has 4 aromatic carbocycles. The van der Waals surface area contributed by atoms with Crippen LogP contribution in [0.1, 0.15) is 15.9 Å². The van der Waals surface area contributed by atoms with Crippen molar-refractivity contribution in [1.29, 1.82) is 0 Å². The minimum absolute atomic E-state index is 0.363. The number of esters is 1. The Labute approximate surface area is 216 Å². The Balaban J connectivity index is 1.71. The molecule has 1 heterocycles. The molecule has 182 valence electrons. The van der Waals surface area contributed by atoms with Crippen LogP contribution in [0.25, 0.3) is 28.2 Å². The minimum Gasteiger partial charge on any atom is -0.497 e. The van der Waals surface area contributed by atoms with Crippen LogP contribution in [-0.2, 0) is 4.74 Å². The first-order valence-corrected chi connectivity index (χ1v) is 11.9. The predicted molar refractivity (Wildman–Crippen MR) is 148 cm³/mol. The van der Waals surface area contributed by atoms with Crippen molar-refractivity contribution >= 4 is 17.9 Å². The first-order chi connectivity index (χ1) is 18.2. The number of carbonyl (C=O) groups is 1. The van der Waals surface area contributed by atoms with Crippen LogP contribution < -0.4 is 4.74 Å². The third kappa shape index (κ3) is 5.07. The van der Waals surface area contributed by atoms with Crippen LogP contribution in [0, 0.1) is 0 Å². The normalized spacial score (nSPS) is 11.0. The molecule has 0 unspecified atom stereocenters. The third-order valence-corrected chi connectivity index (χ3v) is 6.12. The Morgan fingerprint density at radius 1 is 0.757 bits per heavy atom. The van der Waals surface area contributed by atoms with Crippen molar-refractivity contribution in [1.82, 2.24) is 4.57 Å². The fourth-order valence-electron chi connectivity index (χ4n) is 4.29. The van der Waals surface area contributed by atoms with Gasteiger partial charge in [0.1, 0.15) is 5.75 Å². The highest BCUT2D eigenvalue weighted by atomic mass is 16.5. The third-order valence-electron chi connectivity index (χ3n) is 6.12. The van der Waals surface area contributed by atoms with Crippen LogP contribution in [0.3, 0.4) is 0 Å². The zero-order valence-electron chi connectivity index (χ0n) is 20.7. The van der Waals surface area contributed by atoms with Crippen molar-refractivity contribution in [2.45, 2.75) is 0 Å². The molecule has 0 N–H and O–H groups in total. The van der Waals surface area contributed by atoms with E-state index < -0.39 is 0 Å². The molecule has 5 heteroatoms. The Morgan fingerprint density at radius 3 is 1.97 bits per heavy atom. The lowest BCUT2D eigenvalue weighted by Gasteiger charge is -2.15. The summed E-state index contributed by atoms with van der Waals surface area (Å²) in [6.45, 7) is 0. The van der Waals surface area contributed by atoms with Gasteiger partial charge in [-0.05, 0) is 65.7 Å². The highest BCUT2D eigenvalue weighted by Gasteiger charge is 2.19. The van der Waals surface area contributed by atoms with Crippen LogP contribution in [0.15, 0.2) is 120 Å². The lowest BCUT2D eigenvalue weighted by Crippen LogP contribution is -2.03. The molecule has 5 nitrogen and oxygen atoms in total. The summed E-state index contributed by atoms with van der Waals surface area (Å²) in [7, 11) is 3.04. The summed E-state index contributed by atoms with van der Waals surface area (Å²) in [6.07, 6.45) is 1.90. The molecule has 5 rings (SSSR count). The van der Waals surface area contributed by atoms with E-state index in [1.165, 1.54) is 7.11 Å². The van der Waals surface area contributed by atoms with E-state index in [0.29, 0.717) is 5.56 Å². The van der Waals surface area contributed by atoms with Gasteiger partial charge in [-0.1, -0.05) is 60.7 Å².